The second-order valence-electron chi connectivity index (χ2n) is 2.65. The molecule has 0 saturated carbocycles. The predicted octanol–water partition coefficient (Wildman–Crippen LogP) is 0.638. The summed E-state index contributed by atoms with van der Waals surface area (Å²) < 4.78 is 4.50. The summed E-state index contributed by atoms with van der Waals surface area (Å²) in [6.07, 6.45) is 1.34. The Bertz CT molecular complexity index is 162. The topological polar surface area (TPSA) is 64.3 Å². The average Bonchev–Trinajstić information content (AvgIpc) is 1.95. The molecule has 0 aromatic carbocycles. The van der Waals surface area contributed by atoms with E-state index in [9.17, 15) is 4.79 Å². The normalized spacial score (nSPS) is 9.17. The van der Waals surface area contributed by atoms with Gasteiger partial charge >= 0.3 is 6.09 Å². The predicted molar refractivity (Wildman–Crippen MR) is 47.8 cm³/mol. The van der Waals surface area contributed by atoms with Crippen molar-refractivity contribution in [2.24, 2.45) is 5.73 Å². The Hall–Kier alpha value is -1.03. The van der Waals surface area contributed by atoms with Crippen molar-refractivity contribution < 1.29 is 9.53 Å². The Morgan fingerprint density at radius 1 is 1.58 bits per heavy atom. The van der Waals surface area contributed by atoms with Crippen LogP contribution in [0.1, 0.15) is 13.8 Å². The quantitative estimate of drug-likeness (QED) is 0.472. The van der Waals surface area contributed by atoms with Crippen LogP contribution in [0.25, 0.3) is 0 Å². The maximum absolute atomic E-state index is 10.1. The first kappa shape index (κ1) is 11.0. The lowest BCUT2D eigenvalue weighted by Gasteiger charge is -2.01. The van der Waals surface area contributed by atoms with Crippen LogP contribution >= 0.6 is 0 Å². The number of ether oxygens (including phenoxy) is 1. The molecule has 0 heterocycles. The maximum atomic E-state index is 10.1. The molecule has 0 aliphatic rings. The molecule has 4 nitrogen and oxygen atoms in total. The Morgan fingerprint density at radius 2 is 2.25 bits per heavy atom. The van der Waals surface area contributed by atoms with Gasteiger partial charge in [0.05, 0.1) is 0 Å². The molecular formula is C8H16N2O2. The number of nitrogens with two attached hydrogens (primary N) is 1. The molecule has 0 aromatic rings. The number of allylic oxidation sites excluding steroid dienone is 1. The van der Waals surface area contributed by atoms with E-state index >= 15 is 0 Å². The molecule has 0 fully saturated rings. The van der Waals surface area contributed by atoms with Crippen LogP contribution in [0.2, 0.25) is 0 Å². The highest BCUT2D eigenvalue weighted by atomic mass is 16.5. The highest BCUT2D eigenvalue weighted by Gasteiger charge is 1.90. The fourth-order valence-corrected chi connectivity index (χ4v) is 0.602. The number of carbonyl (C=O) groups excluding carboxylic acids is 1. The fraction of sp³-hybridized carbons (Fsp3) is 0.625. The largest absolute Gasteiger partial charge is 0.448 e. The molecule has 3 N–H and O–H groups in total. The van der Waals surface area contributed by atoms with Crippen molar-refractivity contribution in [2.45, 2.75) is 13.8 Å². The van der Waals surface area contributed by atoms with Gasteiger partial charge in [-0.15, -0.1) is 0 Å². The van der Waals surface area contributed by atoms with E-state index < -0.39 is 6.09 Å². The first-order valence-electron chi connectivity index (χ1n) is 3.89. The molecule has 0 saturated heterocycles. The summed E-state index contributed by atoms with van der Waals surface area (Å²) in [6, 6.07) is 0. The van der Waals surface area contributed by atoms with Gasteiger partial charge in [0.2, 0.25) is 0 Å². The highest BCUT2D eigenvalue weighted by molar-refractivity contribution is 5.64. The third-order valence-corrected chi connectivity index (χ3v) is 1.18. The van der Waals surface area contributed by atoms with E-state index in [1.807, 2.05) is 13.8 Å². The number of primary amides is 1. The van der Waals surface area contributed by atoms with Crippen LogP contribution in [0.3, 0.4) is 0 Å². The number of hydrogen-bond acceptors (Lipinski definition) is 3. The van der Waals surface area contributed by atoms with Gasteiger partial charge in [0, 0.05) is 13.1 Å². The van der Waals surface area contributed by atoms with Crippen LogP contribution in [-0.4, -0.2) is 25.8 Å². The average molecular weight is 172 g/mol. The molecule has 0 aromatic heterocycles. The van der Waals surface area contributed by atoms with Crippen LogP contribution in [0.15, 0.2) is 11.6 Å². The second kappa shape index (κ2) is 6.67. The van der Waals surface area contributed by atoms with Crippen LogP contribution in [0.5, 0.6) is 0 Å². The maximum Gasteiger partial charge on any atom is 0.404 e. The molecule has 0 aliphatic heterocycles. The Labute approximate surface area is 72.8 Å². The van der Waals surface area contributed by atoms with Gasteiger partial charge < -0.3 is 15.8 Å². The third-order valence-electron chi connectivity index (χ3n) is 1.18. The van der Waals surface area contributed by atoms with Gasteiger partial charge in [0.1, 0.15) is 6.61 Å². The summed E-state index contributed by atoms with van der Waals surface area (Å²) in [7, 11) is 0. The van der Waals surface area contributed by atoms with E-state index in [4.69, 9.17) is 5.73 Å². The van der Waals surface area contributed by atoms with Crippen LogP contribution in [0.4, 0.5) is 4.79 Å². The molecule has 0 unspecified atom stereocenters. The molecule has 70 valence electrons. The first-order chi connectivity index (χ1) is 5.63. The zero-order valence-electron chi connectivity index (χ0n) is 7.59. The smallest absolute Gasteiger partial charge is 0.404 e. The lowest BCUT2D eigenvalue weighted by molar-refractivity contribution is 0.157. The van der Waals surface area contributed by atoms with Crippen molar-refractivity contribution in [2.75, 3.05) is 19.7 Å². The SMILES string of the molecule is CC(C)=CCNCCOC(N)=O. The minimum absolute atomic E-state index is 0.325. The lowest BCUT2D eigenvalue weighted by Crippen LogP contribution is -2.23. The molecule has 1 amide bonds. The van der Waals surface area contributed by atoms with E-state index in [0.717, 1.165) is 6.54 Å². The Balaban J connectivity index is 3.11. The lowest BCUT2D eigenvalue weighted by atomic mass is 10.3. The number of nitrogens with one attached hydrogen (secondary N) is 1. The molecule has 0 spiro atoms. The molecule has 0 aliphatic carbocycles. The summed E-state index contributed by atoms with van der Waals surface area (Å²) in [6.45, 7) is 5.81. The Kier molecular flexibility index (Phi) is 6.09. The first-order valence-corrected chi connectivity index (χ1v) is 3.89. The van der Waals surface area contributed by atoms with Crippen molar-refractivity contribution in [1.29, 1.82) is 0 Å². The summed E-state index contributed by atoms with van der Waals surface area (Å²) in [4.78, 5) is 10.1. The summed E-state index contributed by atoms with van der Waals surface area (Å²) >= 11 is 0. The number of amides is 1. The van der Waals surface area contributed by atoms with E-state index in [0.29, 0.717) is 13.2 Å². The Morgan fingerprint density at radius 3 is 2.75 bits per heavy atom. The standard InChI is InChI=1S/C8H16N2O2/c1-7(2)3-4-10-5-6-12-8(9)11/h3,10H,4-6H2,1-2H3,(H2,9,11). The van der Waals surface area contributed by atoms with Gasteiger partial charge in [-0.25, -0.2) is 4.79 Å². The van der Waals surface area contributed by atoms with Crippen LogP contribution < -0.4 is 11.1 Å². The van der Waals surface area contributed by atoms with Gasteiger partial charge in [-0.3, -0.25) is 0 Å². The van der Waals surface area contributed by atoms with Crippen molar-refractivity contribution >= 4 is 6.09 Å². The van der Waals surface area contributed by atoms with E-state index in [1.54, 1.807) is 0 Å². The monoisotopic (exact) mass is 172 g/mol. The van der Waals surface area contributed by atoms with E-state index in [-0.39, 0.29) is 0 Å². The summed E-state index contributed by atoms with van der Waals surface area (Å²) in [5, 5.41) is 3.06. The number of hydrogen-bond donors (Lipinski definition) is 2. The fourth-order valence-electron chi connectivity index (χ4n) is 0.602. The zero-order chi connectivity index (χ0) is 9.40. The van der Waals surface area contributed by atoms with Crippen molar-refractivity contribution in [3.05, 3.63) is 11.6 Å². The van der Waals surface area contributed by atoms with Gasteiger partial charge in [0.25, 0.3) is 0 Å². The van der Waals surface area contributed by atoms with E-state index in [1.165, 1.54) is 5.57 Å². The highest BCUT2D eigenvalue weighted by Crippen LogP contribution is 1.84. The van der Waals surface area contributed by atoms with Crippen LogP contribution in [0, 0.1) is 0 Å². The van der Waals surface area contributed by atoms with Crippen molar-refractivity contribution in [3.63, 3.8) is 0 Å². The van der Waals surface area contributed by atoms with Gasteiger partial charge in [0.15, 0.2) is 0 Å². The molecule has 12 heavy (non-hydrogen) atoms. The van der Waals surface area contributed by atoms with Crippen molar-refractivity contribution in [3.8, 4) is 0 Å². The van der Waals surface area contributed by atoms with Crippen molar-refractivity contribution in [1.82, 2.24) is 5.32 Å². The minimum atomic E-state index is -0.723. The van der Waals surface area contributed by atoms with Gasteiger partial charge in [-0.2, -0.15) is 0 Å². The molecular weight excluding hydrogens is 156 g/mol. The second-order valence-corrected chi connectivity index (χ2v) is 2.65. The van der Waals surface area contributed by atoms with Gasteiger partial charge in [-0.05, 0) is 13.8 Å². The zero-order valence-corrected chi connectivity index (χ0v) is 7.59. The molecule has 0 atom stereocenters. The summed E-state index contributed by atoms with van der Waals surface area (Å²) in [5.74, 6) is 0. The van der Waals surface area contributed by atoms with Crippen LogP contribution in [-0.2, 0) is 4.74 Å². The minimum Gasteiger partial charge on any atom is -0.448 e. The molecule has 0 bridgehead atoms. The third kappa shape index (κ3) is 8.97. The number of rotatable bonds is 5. The van der Waals surface area contributed by atoms with E-state index in [2.05, 4.69) is 16.1 Å². The number of carbonyl (C=O) groups is 1. The molecule has 0 radical (unpaired) electrons. The van der Waals surface area contributed by atoms with Gasteiger partial charge in [-0.1, -0.05) is 11.6 Å². The molecule has 0 rings (SSSR count). The molecule has 4 heteroatoms. The summed E-state index contributed by atoms with van der Waals surface area (Å²) in [5.41, 5.74) is 6.02.